The summed E-state index contributed by atoms with van der Waals surface area (Å²) in [4.78, 5) is 2.87. The summed E-state index contributed by atoms with van der Waals surface area (Å²) in [5.74, 6) is 0.800. The zero-order valence-electron chi connectivity index (χ0n) is 11.9. The first-order valence-electron chi connectivity index (χ1n) is 7.65. The molecule has 1 N–H and O–H groups in total. The maximum Gasteiger partial charge on any atom is 0.0252 e. The van der Waals surface area contributed by atoms with E-state index in [1.807, 2.05) is 0 Å². The first-order chi connectivity index (χ1) is 8.22. The molecular formula is C15H30N2. The van der Waals surface area contributed by atoms with Gasteiger partial charge in [0.25, 0.3) is 0 Å². The average molecular weight is 238 g/mol. The first-order valence-corrected chi connectivity index (χ1v) is 7.65. The molecule has 17 heavy (non-hydrogen) atoms. The van der Waals surface area contributed by atoms with Crippen molar-refractivity contribution in [1.29, 1.82) is 0 Å². The second-order valence-electron chi connectivity index (χ2n) is 6.42. The van der Waals surface area contributed by atoms with Gasteiger partial charge in [0.2, 0.25) is 0 Å². The summed E-state index contributed by atoms with van der Waals surface area (Å²) in [5.41, 5.74) is 0. The summed E-state index contributed by atoms with van der Waals surface area (Å²) >= 11 is 0. The van der Waals surface area contributed by atoms with Gasteiger partial charge in [-0.3, -0.25) is 4.90 Å². The second kappa shape index (κ2) is 6.19. The number of nitrogens with one attached hydrogen (secondary N) is 1. The van der Waals surface area contributed by atoms with Crippen molar-refractivity contribution in [1.82, 2.24) is 10.2 Å². The minimum absolute atomic E-state index is 0.745. The van der Waals surface area contributed by atoms with E-state index in [0.29, 0.717) is 0 Å². The van der Waals surface area contributed by atoms with E-state index in [1.54, 1.807) is 0 Å². The standard InChI is InChI=1S/C15H30N2/c1-12(2)11-17(13-7-4-5-8-13)15-10-6-9-14(15)16-3/h12-16H,4-11H2,1-3H3. The third kappa shape index (κ3) is 3.23. The van der Waals surface area contributed by atoms with Crippen LogP contribution in [0.25, 0.3) is 0 Å². The van der Waals surface area contributed by atoms with Crippen LogP contribution in [0.5, 0.6) is 0 Å². The first kappa shape index (κ1) is 13.4. The highest BCUT2D eigenvalue weighted by molar-refractivity contribution is 4.93. The summed E-state index contributed by atoms with van der Waals surface area (Å²) in [6, 6.07) is 2.44. The predicted octanol–water partition coefficient (Wildman–Crippen LogP) is 3.03. The third-order valence-corrected chi connectivity index (χ3v) is 4.65. The molecule has 0 heterocycles. The Hall–Kier alpha value is -0.0800. The van der Waals surface area contributed by atoms with Crippen LogP contribution in [0.1, 0.15) is 58.8 Å². The predicted molar refractivity (Wildman–Crippen MR) is 74.3 cm³/mol. The van der Waals surface area contributed by atoms with Crippen LogP contribution in [0.15, 0.2) is 0 Å². The Morgan fingerprint density at radius 3 is 2.35 bits per heavy atom. The van der Waals surface area contributed by atoms with Crippen LogP contribution >= 0.6 is 0 Å². The lowest BCUT2D eigenvalue weighted by atomic mass is 10.0. The van der Waals surface area contributed by atoms with Gasteiger partial charge < -0.3 is 5.32 Å². The average Bonchev–Trinajstić information content (AvgIpc) is 2.96. The van der Waals surface area contributed by atoms with E-state index in [-0.39, 0.29) is 0 Å². The van der Waals surface area contributed by atoms with E-state index >= 15 is 0 Å². The zero-order valence-corrected chi connectivity index (χ0v) is 11.9. The molecule has 2 aliphatic carbocycles. The molecule has 0 aromatic carbocycles. The molecule has 0 amide bonds. The van der Waals surface area contributed by atoms with Gasteiger partial charge in [-0.1, -0.05) is 33.1 Å². The van der Waals surface area contributed by atoms with Crippen LogP contribution in [0.4, 0.5) is 0 Å². The van der Waals surface area contributed by atoms with Crippen molar-refractivity contribution >= 4 is 0 Å². The largest absolute Gasteiger partial charge is 0.315 e. The lowest BCUT2D eigenvalue weighted by molar-refractivity contribution is 0.105. The Morgan fingerprint density at radius 1 is 1.06 bits per heavy atom. The number of hydrogen-bond donors (Lipinski definition) is 1. The quantitative estimate of drug-likeness (QED) is 0.792. The molecule has 2 nitrogen and oxygen atoms in total. The monoisotopic (exact) mass is 238 g/mol. The minimum Gasteiger partial charge on any atom is -0.315 e. The van der Waals surface area contributed by atoms with Crippen LogP contribution in [0.2, 0.25) is 0 Å². The summed E-state index contributed by atoms with van der Waals surface area (Å²) in [6.07, 6.45) is 10.0. The molecule has 0 aromatic heterocycles. The van der Waals surface area contributed by atoms with E-state index in [9.17, 15) is 0 Å². The molecule has 0 aromatic rings. The van der Waals surface area contributed by atoms with Crippen molar-refractivity contribution in [3.05, 3.63) is 0 Å². The number of likely N-dealkylation sites (N-methyl/N-ethyl adjacent to an activating group) is 1. The van der Waals surface area contributed by atoms with E-state index in [2.05, 4.69) is 31.1 Å². The Balaban J connectivity index is 2.02. The van der Waals surface area contributed by atoms with Crippen molar-refractivity contribution in [3.8, 4) is 0 Å². The van der Waals surface area contributed by atoms with Gasteiger partial charge >= 0.3 is 0 Å². The van der Waals surface area contributed by atoms with E-state index in [4.69, 9.17) is 0 Å². The molecular weight excluding hydrogens is 208 g/mol. The normalized spacial score (nSPS) is 30.9. The van der Waals surface area contributed by atoms with Gasteiger partial charge in [-0.25, -0.2) is 0 Å². The van der Waals surface area contributed by atoms with Crippen molar-refractivity contribution in [2.24, 2.45) is 5.92 Å². The van der Waals surface area contributed by atoms with Crippen LogP contribution in [-0.4, -0.2) is 36.6 Å². The Bertz CT molecular complexity index is 221. The molecule has 0 spiro atoms. The third-order valence-electron chi connectivity index (χ3n) is 4.65. The highest BCUT2D eigenvalue weighted by Crippen LogP contribution is 2.32. The fourth-order valence-corrected chi connectivity index (χ4v) is 3.89. The van der Waals surface area contributed by atoms with Gasteiger partial charge in [-0.05, 0) is 38.6 Å². The number of hydrogen-bond acceptors (Lipinski definition) is 2. The zero-order chi connectivity index (χ0) is 12.3. The van der Waals surface area contributed by atoms with Gasteiger partial charge in [0, 0.05) is 24.7 Å². The van der Waals surface area contributed by atoms with Gasteiger partial charge in [0.15, 0.2) is 0 Å². The van der Waals surface area contributed by atoms with Gasteiger partial charge in [0.05, 0.1) is 0 Å². The van der Waals surface area contributed by atoms with Gasteiger partial charge in [-0.2, -0.15) is 0 Å². The van der Waals surface area contributed by atoms with Crippen LogP contribution < -0.4 is 5.32 Å². The maximum atomic E-state index is 3.55. The molecule has 0 saturated heterocycles. The number of rotatable bonds is 5. The lowest BCUT2D eigenvalue weighted by Gasteiger charge is -2.38. The minimum atomic E-state index is 0.745. The molecule has 2 aliphatic rings. The summed E-state index contributed by atoms with van der Waals surface area (Å²) in [6.45, 7) is 6.03. The molecule has 100 valence electrons. The molecule has 2 heteroatoms. The highest BCUT2D eigenvalue weighted by Gasteiger charge is 2.35. The molecule has 0 aliphatic heterocycles. The Kier molecular flexibility index (Phi) is 4.87. The summed E-state index contributed by atoms with van der Waals surface area (Å²) < 4.78 is 0. The van der Waals surface area contributed by atoms with E-state index < -0.39 is 0 Å². The van der Waals surface area contributed by atoms with Crippen molar-refractivity contribution in [3.63, 3.8) is 0 Å². The second-order valence-corrected chi connectivity index (χ2v) is 6.42. The summed E-state index contributed by atoms with van der Waals surface area (Å²) in [5, 5.41) is 3.55. The Morgan fingerprint density at radius 2 is 1.76 bits per heavy atom. The Labute approximate surface area is 107 Å². The number of nitrogens with zero attached hydrogens (tertiary/aromatic N) is 1. The molecule has 2 fully saturated rings. The van der Waals surface area contributed by atoms with Crippen molar-refractivity contribution < 1.29 is 0 Å². The maximum absolute atomic E-state index is 3.55. The van der Waals surface area contributed by atoms with E-state index in [0.717, 1.165) is 24.0 Å². The molecule has 2 saturated carbocycles. The van der Waals surface area contributed by atoms with Crippen LogP contribution in [0.3, 0.4) is 0 Å². The van der Waals surface area contributed by atoms with E-state index in [1.165, 1.54) is 51.5 Å². The van der Waals surface area contributed by atoms with Crippen molar-refractivity contribution in [2.75, 3.05) is 13.6 Å². The molecule has 0 radical (unpaired) electrons. The fraction of sp³-hybridized carbons (Fsp3) is 1.00. The summed E-state index contributed by atoms with van der Waals surface area (Å²) in [7, 11) is 2.14. The fourth-order valence-electron chi connectivity index (χ4n) is 3.89. The van der Waals surface area contributed by atoms with Crippen LogP contribution in [-0.2, 0) is 0 Å². The molecule has 2 unspecified atom stereocenters. The molecule has 2 rings (SSSR count). The molecule has 2 atom stereocenters. The van der Waals surface area contributed by atoms with Crippen LogP contribution in [0, 0.1) is 5.92 Å². The van der Waals surface area contributed by atoms with Gasteiger partial charge in [-0.15, -0.1) is 0 Å². The van der Waals surface area contributed by atoms with Crippen molar-refractivity contribution in [2.45, 2.75) is 76.9 Å². The highest BCUT2D eigenvalue weighted by atomic mass is 15.2. The topological polar surface area (TPSA) is 15.3 Å². The van der Waals surface area contributed by atoms with Gasteiger partial charge in [0.1, 0.15) is 0 Å². The lowest BCUT2D eigenvalue weighted by Crippen LogP contribution is -2.50. The molecule has 0 bridgehead atoms. The smallest absolute Gasteiger partial charge is 0.0252 e. The SMILES string of the molecule is CNC1CCCC1N(CC(C)C)C1CCCC1.